The standard InChI is InChI=1S/C19H17BrClN3O2S/c1-23(11-12-2-4-13(20)5-3-12)17(25)8-9-24-18(26)15-7-6-14(21)10-16(15)22-19(24)27/h2-7,10H,8-9,11H2,1H3,(H,22,27). The Balaban J connectivity index is 1.73. The fourth-order valence-corrected chi connectivity index (χ4v) is 3.50. The lowest BCUT2D eigenvalue weighted by Gasteiger charge is -2.18. The zero-order valence-electron chi connectivity index (χ0n) is 14.5. The summed E-state index contributed by atoms with van der Waals surface area (Å²) in [4.78, 5) is 29.8. The minimum Gasteiger partial charge on any atom is -0.341 e. The van der Waals surface area contributed by atoms with E-state index in [1.807, 2.05) is 24.3 Å². The van der Waals surface area contributed by atoms with E-state index in [0.29, 0.717) is 22.5 Å². The van der Waals surface area contributed by atoms with Gasteiger partial charge in [0.1, 0.15) is 0 Å². The Morgan fingerprint density at radius 1 is 1.26 bits per heavy atom. The maximum absolute atomic E-state index is 12.7. The summed E-state index contributed by atoms with van der Waals surface area (Å²) >= 11 is 14.6. The Kier molecular flexibility index (Phi) is 6.14. The van der Waals surface area contributed by atoms with Crippen molar-refractivity contribution in [2.75, 3.05) is 7.05 Å². The highest BCUT2D eigenvalue weighted by Gasteiger charge is 2.12. The Morgan fingerprint density at radius 3 is 2.67 bits per heavy atom. The number of hydrogen-bond donors (Lipinski definition) is 1. The minimum atomic E-state index is -0.228. The molecule has 0 bridgehead atoms. The molecule has 27 heavy (non-hydrogen) atoms. The third kappa shape index (κ3) is 4.66. The molecule has 3 aromatic rings. The lowest BCUT2D eigenvalue weighted by Crippen LogP contribution is -2.29. The summed E-state index contributed by atoms with van der Waals surface area (Å²) in [5, 5.41) is 1.01. The quantitative estimate of drug-likeness (QED) is 0.562. The van der Waals surface area contributed by atoms with Crippen LogP contribution in [-0.4, -0.2) is 27.4 Å². The monoisotopic (exact) mass is 465 g/mol. The van der Waals surface area contributed by atoms with Gasteiger partial charge in [0.2, 0.25) is 5.91 Å². The van der Waals surface area contributed by atoms with Crippen molar-refractivity contribution in [1.29, 1.82) is 0 Å². The van der Waals surface area contributed by atoms with Crippen LogP contribution in [0.1, 0.15) is 12.0 Å². The fourth-order valence-electron chi connectivity index (χ4n) is 2.78. The van der Waals surface area contributed by atoms with E-state index in [-0.39, 0.29) is 29.2 Å². The number of aromatic amines is 1. The summed E-state index contributed by atoms with van der Waals surface area (Å²) in [7, 11) is 1.75. The maximum atomic E-state index is 12.7. The van der Waals surface area contributed by atoms with Crippen LogP contribution in [0, 0.1) is 4.77 Å². The fraction of sp³-hybridized carbons (Fsp3) is 0.211. The highest BCUT2D eigenvalue weighted by Crippen LogP contribution is 2.15. The number of hydrogen-bond acceptors (Lipinski definition) is 3. The van der Waals surface area contributed by atoms with Crippen molar-refractivity contribution in [3.8, 4) is 0 Å². The first-order valence-electron chi connectivity index (χ1n) is 8.26. The van der Waals surface area contributed by atoms with Gasteiger partial charge >= 0.3 is 0 Å². The first kappa shape index (κ1) is 19.8. The molecule has 1 heterocycles. The maximum Gasteiger partial charge on any atom is 0.262 e. The Hall–Kier alpha value is -1.96. The molecule has 0 radical (unpaired) electrons. The van der Waals surface area contributed by atoms with Gasteiger partial charge < -0.3 is 9.88 Å². The molecule has 0 saturated carbocycles. The topological polar surface area (TPSA) is 58.1 Å². The molecule has 0 spiro atoms. The van der Waals surface area contributed by atoms with Crippen molar-refractivity contribution in [3.05, 3.63) is 72.6 Å². The second kappa shape index (κ2) is 8.37. The van der Waals surface area contributed by atoms with Crippen LogP contribution in [0.15, 0.2) is 51.7 Å². The number of amides is 1. The molecule has 0 unspecified atom stereocenters. The number of aromatic nitrogens is 2. The van der Waals surface area contributed by atoms with Crippen LogP contribution in [0.3, 0.4) is 0 Å². The van der Waals surface area contributed by atoms with E-state index in [2.05, 4.69) is 20.9 Å². The highest BCUT2D eigenvalue weighted by molar-refractivity contribution is 9.10. The van der Waals surface area contributed by atoms with Crippen molar-refractivity contribution in [3.63, 3.8) is 0 Å². The molecule has 1 amide bonds. The third-order valence-corrected chi connectivity index (χ3v) is 5.34. The van der Waals surface area contributed by atoms with Crippen molar-refractivity contribution >= 4 is 56.6 Å². The van der Waals surface area contributed by atoms with E-state index < -0.39 is 0 Å². The van der Waals surface area contributed by atoms with Gasteiger partial charge in [0, 0.05) is 36.1 Å². The second-order valence-corrected chi connectivity index (χ2v) is 7.94. The zero-order valence-corrected chi connectivity index (χ0v) is 17.7. The van der Waals surface area contributed by atoms with Gasteiger partial charge in [-0.3, -0.25) is 14.2 Å². The molecule has 2 aromatic carbocycles. The summed E-state index contributed by atoms with van der Waals surface area (Å²) in [5.74, 6) is -0.0598. The molecular weight excluding hydrogens is 450 g/mol. The van der Waals surface area contributed by atoms with E-state index in [9.17, 15) is 9.59 Å². The minimum absolute atomic E-state index is 0.0598. The van der Waals surface area contributed by atoms with E-state index in [1.165, 1.54) is 4.57 Å². The number of fused-ring (bicyclic) bond motifs is 1. The molecule has 0 aliphatic heterocycles. The van der Waals surface area contributed by atoms with E-state index in [1.54, 1.807) is 30.1 Å². The van der Waals surface area contributed by atoms with E-state index in [0.717, 1.165) is 10.0 Å². The summed E-state index contributed by atoms with van der Waals surface area (Å²) in [6, 6.07) is 12.8. The molecule has 3 rings (SSSR count). The number of benzene rings is 2. The van der Waals surface area contributed by atoms with Crippen molar-refractivity contribution in [2.45, 2.75) is 19.5 Å². The van der Waals surface area contributed by atoms with Gasteiger partial charge in [-0.25, -0.2) is 0 Å². The molecule has 0 atom stereocenters. The summed E-state index contributed by atoms with van der Waals surface area (Å²) in [6.07, 6.45) is 0.184. The molecule has 0 aliphatic rings. The predicted octanol–water partition coefficient (Wildman–Crippen LogP) is 4.52. The van der Waals surface area contributed by atoms with Gasteiger partial charge in [0.25, 0.3) is 5.56 Å². The van der Waals surface area contributed by atoms with Crippen LogP contribution < -0.4 is 5.56 Å². The number of carbonyl (C=O) groups excluding carboxylic acids is 1. The Labute approximate surface area is 174 Å². The van der Waals surface area contributed by atoms with Crippen LogP contribution in [-0.2, 0) is 17.9 Å². The molecule has 1 N–H and O–H groups in total. The summed E-state index contributed by atoms with van der Waals surface area (Å²) in [5.41, 5.74) is 1.40. The van der Waals surface area contributed by atoms with Gasteiger partial charge in [0.05, 0.1) is 10.9 Å². The number of rotatable bonds is 5. The van der Waals surface area contributed by atoms with Crippen LogP contribution >= 0.6 is 39.7 Å². The highest BCUT2D eigenvalue weighted by atomic mass is 79.9. The molecule has 140 valence electrons. The van der Waals surface area contributed by atoms with E-state index >= 15 is 0 Å². The molecule has 0 aliphatic carbocycles. The smallest absolute Gasteiger partial charge is 0.262 e. The first-order chi connectivity index (χ1) is 12.8. The Morgan fingerprint density at radius 2 is 1.96 bits per heavy atom. The van der Waals surface area contributed by atoms with Gasteiger partial charge in [-0.15, -0.1) is 0 Å². The van der Waals surface area contributed by atoms with Gasteiger partial charge in [-0.05, 0) is 48.1 Å². The van der Waals surface area contributed by atoms with Crippen LogP contribution in [0.2, 0.25) is 5.02 Å². The van der Waals surface area contributed by atoms with Crippen molar-refractivity contribution in [1.82, 2.24) is 14.5 Å². The van der Waals surface area contributed by atoms with Crippen LogP contribution in [0.5, 0.6) is 0 Å². The largest absolute Gasteiger partial charge is 0.341 e. The summed E-state index contributed by atoms with van der Waals surface area (Å²) < 4.78 is 2.68. The normalized spacial score (nSPS) is 10.9. The lowest BCUT2D eigenvalue weighted by molar-refractivity contribution is -0.130. The number of nitrogens with zero attached hydrogens (tertiary/aromatic N) is 2. The van der Waals surface area contributed by atoms with E-state index in [4.69, 9.17) is 23.8 Å². The number of halogens is 2. The van der Waals surface area contributed by atoms with Crippen LogP contribution in [0.4, 0.5) is 0 Å². The molecule has 8 heteroatoms. The van der Waals surface area contributed by atoms with Gasteiger partial charge in [0.15, 0.2) is 4.77 Å². The first-order valence-corrected chi connectivity index (χ1v) is 9.84. The average Bonchev–Trinajstić information content (AvgIpc) is 2.62. The molecule has 0 saturated heterocycles. The van der Waals surface area contributed by atoms with Gasteiger partial charge in [-0.1, -0.05) is 39.7 Å². The third-order valence-electron chi connectivity index (χ3n) is 4.25. The van der Waals surface area contributed by atoms with Gasteiger partial charge in [-0.2, -0.15) is 0 Å². The lowest BCUT2D eigenvalue weighted by atomic mass is 10.2. The number of carbonyl (C=O) groups is 1. The summed E-state index contributed by atoms with van der Waals surface area (Å²) in [6.45, 7) is 0.723. The molecule has 5 nitrogen and oxygen atoms in total. The SMILES string of the molecule is CN(Cc1ccc(Br)cc1)C(=O)CCn1c(=S)[nH]c2cc(Cl)ccc2c1=O. The molecule has 1 aromatic heterocycles. The number of H-pyrrole nitrogens is 1. The van der Waals surface area contributed by atoms with Crippen molar-refractivity contribution < 1.29 is 4.79 Å². The van der Waals surface area contributed by atoms with Crippen LogP contribution in [0.25, 0.3) is 10.9 Å². The predicted molar refractivity (Wildman–Crippen MR) is 114 cm³/mol. The zero-order chi connectivity index (χ0) is 19.6. The number of nitrogens with one attached hydrogen (secondary N) is 1. The van der Waals surface area contributed by atoms with Crippen molar-refractivity contribution in [2.24, 2.45) is 0 Å². The average molecular weight is 467 g/mol. The molecule has 0 fully saturated rings. The Bertz CT molecular complexity index is 1110. The molecular formula is C19H17BrClN3O2S. The second-order valence-electron chi connectivity index (χ2n) is 6.20.